The van der Waals surface area contributed by atoms with Gasteiger partial charge in [-0.15, -0.1) is 0 Å². The van der Waals surface area contributed by atoms with Crippen LogP contribution in [0.3, 0.4) is 0 Å². The number of hydrogen-bond acceptors (Lipinski definition) is 0. The smallest absolute Gasteiger partial charge is 0.194 e. The Hall–Kier alpha value is -2.17. The van der Waals surface area contributed by atoms with Crippen LogP contribution in [0.15, 0.2) is 30.4 Å². The first-order chi connectivity index (χ1) is 13.4. The van der Waals surface area contributed by atoms with Crippen LogP contribution >= 0.6 is 0 Å². The Balaban J connectivity index is 1.76. The van der Waals surface area contributed by atoms with E-state index in [2.05, 4.69) is 6.08 Å². The fourth-order valence-electron chi connectivity index (χ4n) is 5.03. The van der Waals surface area contributed by atoms with E-state index in [1.165, 1.54) is 6.07 Å². The second-order valence-electron chi connectivity index (χ2n) is 7.87. The van der Waals surface area contributed by atoms with Crippen molar-refractivity contribution in [1.29, 1.82) is 0 Å². The van der Waals surface area contributed by atoms with Crippen molar-refractivity contribution in [2.45, 2.75) is 44.9 Å². The van der Waals surface area contributed by atoms with E-state index < -0.39 is 34.6 Å². The Morgan fingerprint density at radius 2 is 1.57 bits per heavy atom. The van der Waals surface area contributed by atoms with Gasteiger partial charge in [-0.1, -0.05) is 12.2 Å². The monoisotopic (exact) mass is 392 g/mol. The normalized spacial score (nSPS) is 24.3. The minimum absolute atomic E-state index is 0.102. The lowest BCUT2D eigenvalue weighted by Gasteiger charge is -2.40. The van der Waals surface area contributed by atoms with Gasteiger partial charge in [0.05, 0.1) is 5.56 Å². The van der Waals surface area contributed by atoms with Gasteiger partial charge in [-0.25, -0.2) is 22.0 Å². The summed E-state index contributed by atoms with van der Waals surface area (Å²) < 4.78 is 70.5. The maximum absolute atomic E-state index is 15.2. The third-order valence-electron chi connectivity index (χ3n) is 6.28. The summed E-state index contributed by atoms with van der Waals surface area (Å²) in [6, 6.07) is 2.60. The van der Waals surface area contributed by atoms with Crippen LogP contribution in [0.25, 0.3) is 11.1 Å². The highest BCUT2D eigenvalue weighted by Gasteiger charge is 2.37. The molecular formula is C23H21F5. The SMILES string of the molecule is CC=CC1CCC2c3cc(F)c(-c4cc(F)c(F)c(F)c4)c(F)c3CCC2C1. The molecule has 0 aromatic heterocycles. The highest BCUT2D eigenvalue weighted by Crippen LogP contribution is 2.49. The molecule has 2 aromatic rings. The van der Waals surface area contributed by atoms with Crippen LogP contribution in [0.5, 0.6) is 0 Å². The molecule has 0 spiro atoms. The average molecular weight is 392 g/mol. The van der Waals surface area contributed by atoms with Crippen LogP contribution in [-0.4, -0.2) is 0 Å². The summed E-state index contributed by atoms with van der Waals surface area (Å²) in [6.45, 7) is 2.00. The topological polar surface area (TPSA) is 0 Å². The molecule has 1 saturated carbocycles. The average Bonchev–Trinajstić information content (AvgIpc) is 2.66. The lowest BCUT2D eigenvalue weighted by Crippen LogP contribution is -2.28. The number of rotatable bonds is 2. The summed E-state index contributed by atoms with van der Waals surface area (Å²) in [5.74, 6) is -5.23. The third-order valence-corrected chi connectivity index (χ3v) is 6.28. The fourth-order valence-corrected chi connectivity index (χ4v) is 5.03. The molecule has 148 valence electrons. The number of hydrogen-bond donors (Lipinski definition) is 0. The Labute approximate surface area is 161 Å². The molecule has 0 N–H and O–H groups in total. The minimum Gasteiger partial charge on any atom is -0.206 e. The van der Waals surface area contributed by atoms with Gasteiger partial charge in [-0.05, 0) is 91.7 Å². The maximum Gasteiger partial charge on any atom is 0.194 e. The van der Waals surface area contributed by atoms with Crippen LogP contribution in [0.2, 0.25) is 0 Å². The van der Waals surface area contributed by atoms with E-state index in [-0.39, 0.29) is 11.5 Å². The number of allylic oxidation sites excluding steroid dienone is 2. The summed E-state index contributed by atoms with van der Waals surface area (Å²) in [5.41, 5.74) is 0.287. The van der Waals surface area contributed by atoms with Crippen molar-refractivity contribution >= 4 is 0 Å². The standard InChI is InChI=1S/C23H21F5/c1-2-3-12-4-6-15-13(8-12)5-7-16-17(15)11-18(24)21(22(16)27)14-9-19(25)23(28)20(26)10-14/h2-3,9-13,15H,4-8H2,1H3. The van der Waals surface area contributed by atoms with Crippen molar-refractivity contribution in [1.82, 2.24) is 0 Å². The number of fused-ring (bicyclic) bond motifs is 3. The van der Waals surface area contributed by atoms with Gasteiger partial charge in [0.1, 0.15) is 11.6 Å². The Morgan fingerprint density at radius 1 is 0.857 bits per heavy atom. The van der Waals surface area contributed by atoms with Crippen LogP contribution < -0.4 is 0 Å². The van der Waals surface area contributed by atoms with Crippen LogP contribution in [-0.2, 0) is 6.42 Å². The predicted molar refractivity (Wildman–Crippen MR) is 98.4 cm³/mol. The summed E-state index contributed by atoms with van der Waals surface area (Å²) >= 11 is 0. The molecule has 5 heteroatoms. The minimum atomic E-state index is -1.65. The van der Waals surface area contributed by atoms with Gasteiger partial charge >= 0.3 is 0 Å². The van der Waals surface area contributed by atoms with Crippen molar-refractivity contribution in [3.8, 4) is 11.1 Å². The fraction of sp³-hybridized carbons (Fsp3) is 0.391. The summed E-state index contributed by atoms with van der Waals surface area (Å²) in [6.07, 6.45) is 8.37. The van der Waals surface area contributed by atoms with Crippen LogP contribution in [0, 0.1) is 40.9 Å². The summed E-state index contributed by atoms with van der Waals surface area (Å²) in [5, 5.41) is 0. The predicted octanol–water partition coefficient (Wildman–Crippen LogP) is 7.07. The zero-order valence-corrected chi connectivity index (χ0v) is 15.5. The zero-order valence-electron chi connectivity index (χ0n) is 15.5. The quantitative estimate of drug-likeness (QED) is 0.291. The Bertz CT molecular complexity index is 923. The first kappa shape index (κ1) is 19.2. The van der Waals surface area contributed by atoms with Gasteiger partial charge in [-0.2, -0.15) is 0 Å². The molecule has 1 fully saturated rings. The highest BCUT2D eigenvalue weighted by atomic mass is 19.2. The van der Waals surface area contributed by atoms with Crippen molar-refractivity contribution in [3.63, 3.8) is 0 Å². The number of benzene rings is 2. The van der Waals surface area contributed by atoms with E-state index in [9.17, 15) is 17.6 Å². The lowest BCUT2D eigenvalue weighted by atomic mass is 9.65. The van der Waals surface area contributed by atoms with Crippen LogP contribution in [0.4, 0.5) is 22.0 Å². The molecule has 0 saturated heterocycles. The van der Waals surface area contributed by atoms with Crippen molar-refractivity contribution in [3.05, 3.63) is 70.6 Å². The van der Waals surface area contributed by atoms with E-state index >= 15 is 4.39 Å². The molecule has 4 rings (SSSR count). The van der Waals surface area contributed by atoms with E-state index in [0.717, 1.165) is 25.7 Å². The van der Waals surface area contributed by atoms with Crippen LogP contribution in [0.1, 0.15) is 49.7 Å². The molecule has 0 bridgehead atoms. The molecule has 0 heterocycles. The highest BCUT2D eigenvalue weighted by molar-refractivity contribution is 5.67. The molecule has 3 atom stereocenters. The van der Waals surface area contributed by atoms with Gasteiger partial charge < -0.3 is 0 Å². The molecule has 2 aliphatic carbocycles. The van der Waals surface area contributed by atoms with Crippen molar-refractivity contribution in [2.75, 3.05) is 0 Å². The van der Waals surface area contributed by atoms with Crippen molar-refractivity contribution < 1.29 is 22.0 Å². The second kappa shape index (κ2) is 7.34. The lowest BCUT2D eigenvalue weighted by molar-refractivity contribution is 0.234. The Morgan fingerprint density at radius 3 is 2.25 bits per heavy atom. The first-order valence-electron chi connectivity index (χ1n) is 9.69. The molecule has 2 aliphatic rings. The third kappa shape index (κ3) is 3.15. The van der Waals surface area contributed by atoms with Gasteiger partial charge in [0.2, 0.25) is 0 Å². The Kier molecular flexibility index (Phi) is 5.02. The molecule has 0 nitrogen and oxygen atoms in total. The molecule has 28 heavy (non-hydrogen) atoms. The molecule has 3 unspecified atom stereocenters. The molecular weight excluding hydrogens is 371 g/mol. The molecule has 0 radical (unpaired) electrons. The van der Waals surface area contributed by atoms with Gasteiger partial charge in [0.15, 0.2) is 17.5 Å². The second-order valence-corrected chi connectivity index (χ2v) is 7.87. The van der Waals surface area contributed by atoms with E-state index in [1.54, 1.807) is 0 Å². The molecule has 0 amide bonds. The molecule has 2 aromatic carbocycles. The van der Waals surface area contributed by atoms with E-state index in [1.807, 2.05) is 13.0 Å². The summed E-state index contributed by atoms with van der Waals surface area (Å²) in [4.78, 5) is 0. The van der Waals surface area contributed by atoms with Gasteiger partial charge in [0, 0.05) is 0 Å². The number of halogens is 5. The van der Waals surface area contributed by atoms with E-state index in [4.69, 9.17) is 0 Å². The first-order valence-corrected chi connectivity index (χ1v) is 9.69. The maximum atomic E-state index is 15.2. The largest absolute Gasteiger partial charge is 0.206 e. The summed E-state index contributed by atoms with van der Waals surface area (Å²) in [7, 11) is 0. The zero-order chi connectivity index (χ0) is 20.0. The van der Waals surface area contributed by atoms with Gasteiger partial charge in [-0.3, -0.25) is 0 Å². The molecule has 0 aliphatic heterocycles. The van der Waals surface area contributed by atoms with E-state index in [0.29, 0.717) is 41.5 Å². The van der Waals surface area contributed by atoms with Gasteiger partial charge in [0.25, 0.3) is 0 Å². The van der Waals surface area contributed by atoms with Crippen molar-refractivity contribution in [2.24, 2.45) is 11.8 Å².